The summed E-state index contributed by atoms with van der Waals surface area (Å²) in [6, 6.07) is 16.4. The highest BCUT2D eigenvalue weighted by Gasteiger charge is 2.09. The lowest BCUT2D eigenvalue weighted by molar-refractivity contribution is 0.477. The summed E-state index contributed by atoms with van der Waals surface area (Å²) < 4.78 is 18.6. The summed E-state index contributed by atoms with van der Waals surface area (Å²) in [4.78, 5) is 11.3. The Bertz CT molecular complexity index is 897. The summed E-state index contributed by atoms with van der Waals surface area (Å²) in [5, 5.41) is 3.32. The summed E-state index contributed by atoms with van der Waals surface area (Å²) in [5.41, 5.74) is 2.81. The minimum atomic E-state index is -0.277. The zero-order chi connectivity index (χ0) is 19.8. The van der Waals surface area contributed by atoms with Crippen LogP contribution in [0.3, 0.4) is 0 Å². The highest BCUT2D eigenvalue weighted by molar-refractivity contribution is 14.0. The normalized spacial score (nSPS) is 11.1. The molecule has 0 amide bonds. The van der Waals surface area contributed by atoms with Crippen molar-refractivity contribution in [3.05, 3.63) is 77.9 Å². The molecule has 1 heterocycles. The van der Waals surface area contributed by atoms with Crippen LogP contribution in [0, 0.1) is 5.82 Å². The van der Waals surface area contributed by atoms with Gasteiger partial charge in [0.1, 0.15) is 12.1 Å². The van der Waals surface area contributed by atoms with Gasteiger partial charge in [0.15, 0.2) is 5.96 Å². The van der Waals surface area contributed by atoms with Crippen LogP contribution in [0.15, 0.2) is 70.3 Å². The first-order valence-corrected chi connectivity index (χ1v) is 9.39. The van der Waals surface area contributed by atoms with Crippen LogP contribution in [0.25, 0.3) is 11.5 Å². The van der Waals surface area contributed by atoms with Gasteiger partial charge in [0.2, 0.25) is 5.89 Å². The van der Waals surface area contributed by atoms with Crippen LogP contribution in [-0.4, -0.2) is 36.0 Å². The van der Waals surface area contributed by atoms with Gasteiger partial charge in [-0.3, -0.25) is 4.99 Å². The third kappa shape index (κ3) is 6.85. The first kappa shape index (κ1) is 22.9. The molecule has 1 aromatic heterocycles. The molecule has 3 aromatic rings. The molecule has 0 aliphatic rings. The van der Waals surface area contributed by atoms with Gasteiger partial charge in [0.05, 0.1) is 5.69 Å². The maximum Gasteiger partial charge on any atom is 0.226 e. The minimum Gasteiger partial charge on any atom is -0.444 e. The topological polar surface area (TPSA) is 53.7 Å². The summed E-state index contributed by atoms with van der Waals surface area (Å²) in [7, 11) is 2.03. The van der Waals surface area contributed by atoms with Gasteiger partial charge in [-0.25, -0.2) is 9.37 Å². The first-order chi connectivity index (χ1) is 13.7. The average Bonchev–Trinajstić information content (AvgIpc) is 3.17. The van der Waals surface area contributed by atoms with Crippen molar-refractivity contribution >= 4 is 29.9 Å². The Balaban J connectivity index is 0.00000300. The third-order valence-electron chi connectivity index (χ3n) is 4.23. The van der Waals surface area contributed by atoms with Gasteiger partial charge in [-0.05, 0) is 36.8 Å². The number of guanidine groups is 1. The summed E-state index contributed by atoms with van der Waals surface area (Å²) in [6.07, 6.45) is 2.30. The zero-order valence-electron chi connectivity index (χ0n) is 16.6. The molecule has 0 fully saturated rings. The van der Waals surface area contributed by atoms with Crippen LogP contribution in [0.4, 0.5) is 4.39 Å². The number of oxazole rings is 1. The minimum absolute atomic E-state index is 0. The van der Waals surface area contributed by atoms with Crippen molar-refractivity contribution in [1.29, 1.82) is 0 Å². The summed E-state index contributed by atoms with van der Waals surface area (Å²) in [5.74, 6) is 1.07. The fourth-order valence-corrected chi connectivity index (χ4v) is 2.83. The predicted octanol–water partition coefficient (Wildman–Crippen LogP) is 4.74. The van der Waals surface area contributed by atoms with E-state index in [1.807, 2.05) is 25.2 Å². The van der Waals surface area contributed by atoms with Crippen LogP contribution in [-0.2, 0) is 13.0 Å². The van der Waals surface area contributed by atoms with Crippen LogP contribution in [0.5, 0.6) is 0 Å². The van der Waals surface area contributed by atoms with E-state index in [4.69, 9.17) is 9.41 Å². The van der Waals surface area contributed by atoms with Gasteiger partial charge in [-0.1, -0.05) is 30.3 Å². The van der Waals surface area contributed by atoms with E-state index in [9.17, 15) is 4.39 Å². The molecular formula is C22H26FIN4O. The molecule has 5 nitrogen and oxygen atoms in total. The molecule has 0 saturated carbocycles. The van der Waals surface area contributed by atoms with Crippen molar-refractivity contribution in [1.82, 2.24) is 15.2 Å². The molecule has 0 unspecified atom stereocenters. The largest absolute Gasteiger partial charge is 0.444 e. The van der Waals surface area contributed by atoms with Crippen LogP contribution < -0.4 is 5.32 Å². The Kier molecular flexibility index (Phi) is 9.11. The van der Waals surface area contributed by atoms with Crippen LogP contribution in [0.2, 0.25) is 0 Å². The quantitative estimate of drug-likeness (QED) is 0.285. The number of hydrogen-bond acceptors (Lipinski definition) is 3. The van der Waals surface area contributed by atoms with Crippen molar-refractivity contribution in [3.63, 3.8) is 0 Å². The molecule has 0 spiro atoms. The molecule has 0 aliphatic heterocycles. The molecular weight excluding hydrogens is 482 g/mol. The van der Waals surface area contributed by atoms with Crippen molar-refractivity contribution < 1.29 is 8.81 Å². The summed E-state index contributed by atoms with van der Waals surface area (Å²) in [6.45, 7) is 4.23. The third-order valence-corrected chi connectivity index (χ3v) is 4.23. The monoisotopic (exact) mass is 508 g/mol. The Morgan fingerprint density at radius 1 is 1.14 bits per heavy atom. The summed E-state index contributed by atoms with van der Waals surface area (Å²) >= 11 is 0. The van der Waals surface area contributed by atoms with Crippen molar-refractivity contribution in [2.75, 3.05) is 20.1 Å². The smallest absolute Gasteiger partial charge is 0.226 e. The maximum atomic E-state index is 13.0. The van der Waals surface area contributed by atoms with Crippen LogP contribution >= 0.6 is 24.0 Å². The van der Waals surface area contributed by atoms with Crippen LogP contribution in [0.1, 0.15) is 18.2 Å². The second-order valence-corrected chi connectivity index (χ2v) is 6.48. The molecule has 0 aliphatic carbocycles. The highest BCUT2D eigenvalue weighted by atomic mass is 127. The number of aliphatic imine (C=N–C) groups is 1. The standard InChI is InChI=1S/C22H25FN4O.HI/c1-3-24-22(27(2)15-17-7-5-4-6-8-17)25-14-13-20-16-28-21(26-20)18-9-11-19(23)12-10-18;/h4-12,16H,3,13-15H2,1-2H3,(H,24,25);1H. The number of hydrogen-bond donors (Lipinski definition) is 1. The van der Waals surface area contributed by atoms with E-state index in [2.05, 4.69) is 34.3 Å². The maximum absolute atomic E-state index is 13.0. The predicted molar refractivity (Wildman–Crippen MR) is 125 cm³/mol. The molecule has 3 rings (SSSR count). The number of aromatic nitrogens is 1. The van der Waals surface area contributed by atoms with E-state index in [1.165, 1.54) is 17.7 Å². The van der Waals surface area contributed by atoms with E-state index < -0.39 is 0 Å². The SMILES string of the molecule is CCNC(=NCCc1coc(-c2ccc(F)cc2)n1)N(C)Cc1ccccc1.I. The fraction of sp³-hybridized carbons (Fsp3) is 0.273. The molecule has 154 valence electrons. The van der Waals surface area contributed by atoms with Gasteiger partial charge < -0.3 is 14.6 Å². The van der Waals surface area contributed by atoms with E-state index in [1.54, 1.807) is 18.4 Å². The average molecular weight is 508 g/mol. The van der Waals surface area contributed by atoms with Gasteiger partial charge in [-0.15, -0.1) is 24.0 Å². The highest BCUT2D eigenvalue weighted by Crippen LogP contribution is 2.19. The lowest BCUT2D eigenvalue weighted by atomic mass is 10.2. The molecule has 7 heteroatoms. The lowest BCUT2D eigenvalue weighted by Gasteiger charge is -2.22. The van der Waals surface area contributed by atoms with Crippen molar-refractivity contribution in [2.24, 2.45) is 4.99 Å². The Morgan fingerprint density at radius 2 is 1.86 bits per heavy atom. The van der Waals surface area contributed by atoms with Crippen molar-refractivity contribution in [2.45, 2.75) is 19.9 Å². The zero-order valence-corrected chi connectivity index (χ0v) is 19.0. The lowest BCUT2D eigenvalue weighted by Crippen LogP contribution is -2.38. The Morgan fingerprint density at radius 3 is 2.55 bits per heavy atom. The number of rotatable bonds is 7. The van der Waals surface area contributed by atoms with E-state index in [0.717, 1.165) is 30.3 Å². The molecule has 29 heavy (non-hydrogen) atoms. The molecule has 2 aromatic carbocycles. The number of nitrogens with one attached hydrogen (secondary N) is 1. The number of benzene rings is 2. The second-order valence-electron chi connectivity index (χ2n) is 6.48. The Labute approximate surface area is 188 Å². The molecule has 0 saturated heterocycles. The van der Waals surface area contributed by atoms with Gasteiger partial charge in [0, 0.05) is 38.7 Å². The van der Waals surface area contributed by atoms with E-state index >= 15 is 0 Å². The number of halogens is 2. The van der Waals surface area contributed by atoms with Gasteiger partial charge >= 0.3 is 0 Å². The van der Waals surface area contributed by atoms with Gasteiger partial charge in [-0.2, -0.15) is 0 Å². The molecule has 0 radical (unpaired) electrons. The van der Waals surface area contributed by atoms with Gasteiger partial charge in [0.25, 0.3) is 0 Å². The first-order valence-electron chi connectivity index (χ1n) is 9.39. The van der Waals surface area contributed by atoms with Crippen molar-refractivity contribution in [3.8, 4) is 11.5 Å². The second kappa shape index (κ2) is 11.5. The van der Waals surface area contributed by atoms with E-state index in [0.29, 0.717) is 18.9 Å². The molecule has 0 atom stereocenters. The van der Waals surface area contributed by atoms with E-state index in [-0.39, 0.29) is 29.8 Å². The molecule has 1 N–H and O–H groups in total. The fourth-order valence-electron chi connectivity index (χ4n) is 2.83. The number of nitrogens with zero attached hydrogens (tertiary/aromatic N) is 3. The Hall–Kier alpha value is -2.42. The molecule has 0 bridgehead atoms.